The van der Waals surface area contributed by atoms with Crippen LogP contribution in [-0.4, -0.2) is 29.0 Å². The van der Waals surface area contributed by atoms with Crippen molar-refractivity contribution >= 4 is 66.2 Å². The molecule has 208 valence electrons. The van der Waals surface area contributed by atoms with Crippen LogP contribution >= 0.6 is 23.2 Å². The molecule has 12 heteroatoms. The quantitative estimate of drug-likeness (QED) is 0.228. The van der Waals surface area contributed by atoms with E-state index < -0.39 is 26.0 Å². The van der Waals surface area contributed by atoms with Gasteiger partial charge in [0.1, 0.15) is 0 Å². The average molecular weight is 619 g/mol. The molecule has 0 aromatic heterocycles. The van der Waals surface area contributed by atoms with E-state index >= 15 is 0 Å². The fourth-order valence-electron chi connectivity index (χ4n) is 3.76. The van der Waals surface area contributed by atoms with Gasteiger partial charge >= 0.3 is 0 Å². The van der Waals surface area contributed by atoms with Crippen LogP contribution < -0.4 is 14.3 Å². The van der Waals surface area contributed by atoms with E-state index in [2.05, 4.69) is 10.0 Å². The van der Waals surface area contributed by atoms with E-state index in [-0.39, 0.29) is 17.0 Å². The summed E-state index contributed by atoms with van der Waals surface area (Å²) in [5.41, 5.74) is 2.88. The molecule has 4 rings (SSSR count). The van der Waals surface area contributed by atoms with Crippen molar-refractivity contribution in [2.45, 2.75) is 18.4 Å². The molecule has 4 aromatic carbocycles. The summed E-state index contributed by atoms with van der Waals surface area (Å²) in [4.78, 5) is 12.9. The smallest absolute Gasteiger partial charge is 0.261 e. The van der Waals surface area contributed by atoms with Crippen LogP contribution in [0.5, 0.6) is 0 Å². The minimum atomic E-state index is -3.81. The van der Waals surface area contributed by atoms with E-state index in [1.54, 1.807) is 42.5 Å². The standard InChI is InChI=1S/C28H25Cl2N3O5S2/c1-19-6-10-22(11-7-19)32-40(37,38)24-16-12-21(13-17-24)31-28(34)20-8-14-23(15-9-20)33(39(2,35)36)18-25-26(29)4-3-5-27(25)30/h3-17,32H,18H2,1-2H3,(H,31,34). The summed E-state index contributed by atoms with van der Waals surface area (Å²) in [6.07, 6.45) is 1.07. The molecule has 1 amide bonds. The Bertz CT molecular complexity index is 1720. The van der Waals surface area contributed by atoms with Crippen molar-refractivity contribution in [3.05, 3.63) is 118 Å². The molecule has 0 bridgehead atoms. The van der Waals surface area contributed by atoms with Crippen LogP contribution in [0.4, 0.5) is 17.1 Å². The van der Waals surface area contributed by atoms with Gasteiger partial charge in [0.25, 0.3) is 15.9 Å². The second-order valence-electron chi connectivity index (χ2n) is 8.97. The average Bonchev–Trinajstić information content (AvgIpc) is 2.89. The van der Waals surface area contributed by atoms with Crippen LogP contribution in [0.15, 0.2) is 95.9 Å². The predicted octanol–water partition coefficient (Wildman–Crippen LogP) is 6.32. The topological polar surface area (TPSA) is 113 Å². The molecule has 0 heterocycles. The molecule has 0 atom stereocenters. The van der Waals surface area contributed by atoms with Gasteiger partial charge in [0.05, 0.1) is 23.4 Å². The van der Waals surface area contributed by atoms with E-state index in [4.69, 9.17) is 23.2 Å². The van der Waals surface area contributed by atoms with E-state index in [0.717, 1.165) is 16.1 Å². The highest BCUT2D eigenvalue weighted by molar-refractivity contribution is 7.92. The third kappa shape index (κ3) is 7.14. The maximum atomic E-state index is 12.8. The molecule has 0 unspecified atom stereocenters. The summed E-state index contributed by atoms with van der Waals surface area (Å²) in [6, 6.07) is 23.6. The van der Waals surface area contributed by atoms with E-state index in [0.29, 0.717) is 32.7 Å². The Morgan fingerprint density at radius 1 is 0.775 bits per heavy atom. The van der Waals surface area contributed by atoms with Crippen LogP contribution in [-0.2, 0) is 26.6 Å². The molecule has 0 saturated heterocycles. The number of halogens is 2. The van der Waals surface area contributed by atoms with Gasteiger partial charge < -0.3 is 5.32 Å². The first kappa shape index (κ1) is 29.4. The number of carbonyl (C=O) groups excluding carboxylic acids is 1. The monoisotopic (exact) mass is 617 g/mol. The highest BCUT2D eigenvalue weighted by atomic mass is 35.5. The van der Waals surface area contributed by atoms with Gasteiger partial charge in [-0.25, -0.2) is 16.8 Å². The summed E-state index contributed by atoms with van der Waals surface area (Å²) < 4.78 is 54.1. The van der Waals surface area contributed by atoms with Gasteiger partial charge in [-0.3, -0.25) is 13.8 Å². The van der Waals surface area contributed by atoms with Crippen LogP contribution in [0.3, 0.4) is 0 Å². The van der Waals surface area contributed by atoms with Crippen molar-refractivity contribution in [2.24, 2.45) is 0 Å². The molecular weight excluding hydrogens is 593 g/mol. The molecular formula is C28H25Cl2N3O5S2. The molecule has 0 aliphatic rings. The van der Waals surface area contributed by atoms with Gasteiger partial charge in [0.15, 0.2) is 0 Å². The van der Waals surface area contributed by atoms with Crippen molar-refractivity contribution in [1.29, 1.82) is 0 Å². The minimum Gasteiger partial charge on any atom is -0.322 e. The zero-order valence-corrected chi connectivity index (χ0v) is 24.6. The first-order valence-electron chi connectivity index (χ1n) is 11.8. The lowest BCUT2D eigenvalue weighted by Crippen LogP contribution is -2.29. The van der Waals surface area contributed by atoms with Gasteiger partial charge in [0, 0.05) is 32.5 Å². The van der Waals surface area contributed by atoms with E-state index in [1.807, 2.05) is 6.92 Å². The third-order valence-corrected chi connectivity index (χ3v) is 9.15. The van der Waals surface area contributed by atoms with Gasteiger partial charge in [-0.2, -0.15) is 0 Å². The number of amides is 1. The number of benzene rings is 4. The molecule has 0 radical (unpaired) electrons. The fourth-order valence-corrected chi connectivity index (χ4v) is 6.21. The van der Waals surface area contributed by atoms with Crippen molar-refractivity contribution in [3.63, 3.8) is 0 Å². The number of sulfonamides is 2. The van der Waals surface area contributed by atoms with Crippen LogP contribution in [0.2, 0.25) is 10.0 Å². The Balaban J connectivity index is 1.46. The summed E-state index contributed by atoms with van der Waals surface area (Å²) in [6.45, 7) is 1.82. The van der Waals surface area contributed by atoms with Crippen molar-refractivity contribution < 1.29 is 21.6 Å². The second kappa shape index (κ2) is 11.9. The predicted molar refractivity (Wildman–Crippen MR) is 160 cm³/mol. The Hall–Kier alpha value is -3.57. The third-order valence-electron chi connectivity index (χ3n) is 5.91. The number of nitrogens with zero attached hydrogens (tertiary/aromatic N) is 1. The summed E-state index contributed by atoms with van der Waals surface area (Å²) >= 11 is 12.5. The van der Waals surface area contributed by atoms with E-state index in [1.165, 1.54) is 48.5 Å². The maximum Gasteiger partial charge on any atom is 0.261 e. The molecule has 0 spiro atoms. The lowest BCUT2D eigenvalue weighted by Gasteiger charge is -2.23. The van der Waals surface area contributed by atoms with Crippen molar-refractivity contribution in [2.75, 3.05) is 20.6 Å². The van der Waals surface area contributed by atoms with Gasteiger partial charge in [-0.1, -0.05) is 47.0 Å². The number of hydrogen-bond donors (Lipinski definition) is 2. The first-order chi connectivity index (χ1) is 18.8. The molecule has 0 fully saturated rings. The molecule has 0 aliphatic carbocycles. The molecule has 2 N–H and O–H groups in total. The molecule has 8 nitrogen and oxygen atoms in total. The lowest BCUT2D eigenvalue weighted by atomic mass is 10.1. The lowest BCUT2D eigenvalue weighted by molar-refractivity contribution is 0.102. The maximum absolute atomic E-state index is 12.8. The number of rotatable bonds is 9. The number of carbonyl (C=O) groups is 1. The second-order valence-corrected chi connectivity index (χ2v) is 13.4. The number of nitrogens with one attached hydrogen (secondary N) is 2. The minimum absolute atomic E-state index is 0.0370. The summed E-state index contributed by atoms with van der Waals surface area (Å²) in [5, 5.41) is 3.38. The van der Waals surface area contributed by atoms with Crippen molar-refractivity contribution in [3.8, 4) is 0 Å². The Labute approximate surface area is 243 Å². The Morgan fingerprint density at radius 2 is 1.32 bits per heavy atom. The van der Waals surface area contributed by atoms with Crippen LogP contribution in [0.1, 0.15) is 21.5 Å². The number of aryl methyl sites for hydroxylation is 1. The summed E-state index contributed by atoms with van der Waals surface area (Å²) in [7, 11) is -7.52. The largest absolute Gasteiger partial charge is 0.322 e. The molecule has 4 aromatic rings. The molecule has 0 aliphatic heterocycles. The fraction of sp³-hybridized carbons (Fsp3) is 0.107. The van der Waals surface area contributed by atoms with Crippen molar-refractivity contribution in [1.82, 2.24) is 0 Å². The van der Waals surface area contributed by atoms with Crippen LogP contribution in [0.25, 0.3) is 0 Å². The zero-order chi connectivity index (χ0) is 29.1. The normalized spacial score (nSPS) is 11.6. The summed E-state index contributed by atoms with van der Waals surface area (Å²) in [5.74, 6) is -0.458. The van der Waals surface area contributed by atoms with Gasteiger partial charge in [-0.05, 0) is 79.7 Å². The van der Waals surface area contributed by atoms with Crippen LogP contribution in [0, 0.1) is 6.92 Å². The zero-order valence-electron chi connectivity index (χ0n) is 21.4. The number of anilines is 3. The SMILES string of the molecule is Cc1ccc(NS(=O)(=O)c2ccc(NC(=O)c3ccc(N(Cc4c(Cl)cccc4Cl)S(C)(=O)=O)cc3)cc2)cc1. The van der Waals surface area contributed by atoms with E-state index in [9.17, 15) is 21.6 Å². The highest BCUT2D eigenvalue weighted by Gasteiger charge is 2.21. The Morgan fingerprint density at radius 3 is 1.88 bits per heavy atom. The first-order valence-corrected chi connectivity index (χ1v) is 15.9. The molecule has 0 saturated carbocycles. The highest BCUT2D eigenvalue weighted by Crippen LogP contribution is 2.29. The van der Waals surface area contributed by atoms with Gasteiger partial charge in [-0.15, -0.1) is 0 Å². The number of hydrogen-bond acceptors (Lipinski definition) is 5. The van der Waals surface area contributed by atoms with Gasteiger partial charge in [0.2, 0.25) is 10.0 Å². The molecule has 40 heavy (non-hydrogen) atoms. The Kier molecular flexibility index (Phi) is 8.74.